The number of benzene rings is 1. The first-order valence-corrected chi connectivity index (χ1v) is 10.8. The van der Waals surface area contributed by atoms with Crippen molar-refractivity contribution in [3.63, 3.8) is 0 Å². The van der Waals surface area contributed by atoms with Crippen molar-refractivity contribution in [2.45, 2.75) is 31.8 Å². The Labute approximate surface area is 189 Å². The zero-order valence-corrected chi connectivity index (χ0v) is 18.3. The number of imidazole rings is 1. The zero-order valence-electron chi connectivity index (χ0n) is 18.3. The van der Waals surface area contributed by atoms with Crippen molar-refractivity contribution < 1.29 is 32.5 Å². The van der Waals surface area contributed by atoms with Crippen LogP contribution >= 0.6 is 0 Å². The van der Waals surface area contributed by atoms with E-state index in [9.17, 15) is 13.6 Å². The highest BCUT2D eigenvalue weighted by atomic mass is 19.3. The van der Waals surface area contributed by atoms with Crippen LogP contribution < -0.4 is 14.2 Å². The van der Waals surface area contributed by atoms with E-state index in [0.29, 0.717) is 41.8 Å². The van der Waals surface area contributed by atoms with E-state index < -0.39 is 6.61 Å². The number of Topliss-reactive ketones (excluding diaryl/α,β-unsaturated/α-hetero) is 1. The van der Waals surface area contributed by atoms with Crippen LogP contribution in [0.2, 0.25) is 0 Å². The Morgan fingerprint density at radius 2 is 1.88 bits per heavy atom. The SMILES string of the molecule is COc1cn2c(-c3cc(OC)c(C(=O)CC4CC4)c(OC(F)F)c3)cnc2cc1C1COC1. The maximum absolute atomic E-state index is 13.2. The van der Waals surface area contributed by atoms with E-state index in [0.717, 1.165) is 18.4 Å². The van der Waals surface area contributed by atoms with Gasteiger partial charge in [-0.1, -0.05) is 0 Å². The second-order valence-corrected chi connectivity index (χ2v) is 8.40. The summed E-state index contributed by atoms with van der Waals surface area (Å²) < 4.78 is 49.4. The normalized spacial score (nSPS) is 16.2. The molecule has 1 saturated heterocycles. The van der Waals surface area contributed by atoms with Gasteiger partial charge in [-0.3, -0.25) is 9.20 Å². The molecule has 0 unspecified atom stereocenters. The predicted molar refractivity (Wildman–Crippen MR) is 116 cm³/mol. The summed E-state index contributed by atoms with van der Waals surface area (Å²) in [5.41, 5.74) is 2.88. The van der Waals surface area contributed by atoms with Crippen molar-refractivity contribution >= 4 is 11.4 Å². The van der Waals surface area contributed by atoms with Gasteiger partial charge in [0, 0.05) is 23.5 Å². The van der Waals surface area contributed by atoms with Crippen molar-refractivity contribution in [2.24, 2.45) is 5.92 Å². The van der Waals surface area contributed by atoms with Crippen molar-refractivity contribution in [1.82, 2.24) is 9.38 Å². The molecule has 2 aliphatic rings. The summed E-state index contributed by atoms with van der Waals surface area (Å²) in [4.78, 5) is 17.3. The van der Waals surface area contributed by atoms with E-state index in [1.165, 1.54) is 13.2 Å². The van der Waals surface area contributed by atoms with Gasteiger partial charge in [-0.2, -0.15) is 8.78 Å². The lowest BCUT2D eigenvalue weighted by atomic mass is 9.97. The third-order valence-electron chi connectivity index (χ3n) is 6.19. The molecule has 0 spiro atoms. The second-order valence-electron chi connectivity index (χ2n) is 8.40. The third kappa shape index (κ3) is 4.13. The molecule has 7 nitrogen and oxygen atoms in total. The van der Waals surface area contributed by atoms with E-state index in [1.54, 1.807) is 19.4 Å². The minimum absolute atomic E-state index is 0.0483. The van der Waals surface area contributed by atoms with Crippen LogP contribution in [0.4, 0.5) is 8.78 Å². The van der Waals surface area contributed by atoms with Crippen molar-refractivity contribution in [3.8, 4) is 28.5 Å². The minimum Gasteiger partial charge on any atom is -0.496 e. The van der Waals surface area contributed by atoms with Gasteiger partial charge in [0.25, 0.3) is 0 Å². The fourth-order valence-electron chi connectivity index (χ4n) is 4.19. The Balaban J connectivity index is 1.61. The molecule has 3 heterocycles. The molecule has 174 valence electrons. The Morgan fingerprint density at radius 1 is 1.15 bits per heavy atom. The molecule has 33 heavy (non-hydrogen) atoms. The van der Waals surface area contributed by atoms with E-state index in [2.05, 4.69) is 4.98 Å². The molecule has 1 aromatic carbocycles. The van der Waals surface area contributed by atoms with Crippen LogP contribution in [0.25, 0.3) is 16.9 Å². The first-order chi connectivity index (χ1) is 16.0. The zero-order chi connectivity index (χ0) is 23.1. The third-order valence-corrected chi connectivity index (χ3v) is 6.19. The number of hydrogen-bond donors (Lipinski definition) is 0. The quantitative estimate of drug-likeness (QED) is 0.432. The van der Waals surface area contributed by atoms with E-state index in [4.69, 9.17) is 18.9 Å². The summed E-state index contributed by atoms with van der Waals surface area (Å²) >= 11 is 0. The monoisotopic (exact) mass is 458 g/mol. The lowest BCUT2D eigenvalue weighted by Gasteiger charge is -2.27. The largest absolute Gasteiger partial charge is 0.496 e. The number of alkyl halides is 2. The first-order valence-electron chi connectivity index (χ1n) is 10.8. The van der Waals surface area contributed by atoms with E-state index in [-0.39, 0.29) is 35.2 Å². The topological polar surface area (TPSA) is 71.3 Å². The molecular formula is C24H24F2N2O5. The van der Waals surface area contributed by atoms with Gasteiger partial charge in [-0.25, -0.2) is 4.98 Å². The molecule has 9 heteroatoms. The fraction of sp³-hybridized carbons (Fsp3) is 0.417. The molecule has 3 aromatic rings. The van der Waals surface area contributed by atoms with Crippen LogP contribution in [0.15, 0.2) is 30.6 Å². The molecule has 1 saturated carbocycles. The molecule has 0 bridgehead atoms. The average molecular weight is 458 g/mol. The molecule has 0 atom stereocenters. The summed E-state index contributed by atoms with van der Waals surface area (Å²) in [6, 6.07) is 5.04. The summed E-state index contributed by atoms with van der Waals surface area (Å²) in [5.74, 6) is 0.955. The van der Waals surface area contributed by atoms with E-state index >= 15 is 0 Å². The van der Waals surface area contributed by atoms with Crippen molar-refractivity contribution in [1.29, 1.82) is 0 Å². The maximum Gasteiger partial charge on any atom is 0.387 e. The van der Waals surface area contributed by atoms with Crippen LogP contribution in [0.3, 0.4) is 0 Å². The minimum atomic E-state index is -3.08. The van der Waals surface area contributed by atoms with Crippen molar-refractivity contribution in [2.75, 3.05) is 27.4 Å². The molecule has 1 aliphatic heterocycles. The first kappa shape index (κ1) is 21.6. The molecule has 0 amide bonds. The number of pyridine rings is 1. The molecule has 2 aromatic heterocycles. The molecule has 0 radical (unpaired) electrons. The number of methoxy groups -OCH3 is 2. The van der Waals surface area contributed by atoms with Gasteiger partial charge in [-0.05, 0) is 37.0 Å². The summed E-state index contributed by atoms with van der Waals surface area (Å²) in [5, 5.41) is 0. The highest BCUT2D eigenvalue weighted by molar-refractivity contribution is 6.02. The highest BCUT2D eigenvalue weighted by Gasteiger charge is 2.30. The van der Waals surface area contributed by atoms with Crippen LogP contribution in [-0.4, -0.2) is 49.2 Å². The number of nitrogens with zero attached hydrogens (tertiary/aromatic N) is 2. The summed E-state index contributed by atoms with van der Waals surface area (Å²) in [6.45, 7) is -1.82. The smallest absolute Gasteiger partial charge is 0.387 e. The molecule has 5 rings (SSSR count). The Bertz CT molecular complexity index is 1200. The summed E-state index contributed by atoms with van der Waals surface area (Å²) in [6.07, 6.45) is 5.68. The number of rotatable bonds is 9. The molecule has 2 fully saturated rings. The van der Waals surface area contributed by atoms with Crippen LogP contribution in [-0.2, 0) is 4.74 Å². The standard InChI is InChI=1S/C24H24F2N2O5/c1-30-19-6-14(7-20(33-24(25)26)23(19)18(29)5-13-3-4-13)17-9-27-22-8-16(15-11-32-12-15)21(31-2)10-28(17)22/h6-10,13,15,24H,3-5,11-12H2,1-2H3. The van der Waals surface area contributed by atoms with Gasteiger partial charge in [0.2, 0.25) is 0 Å². The summed E-state index contributed by atoms with van der Waals surface area (Å²) in [7, 11) is 3.00. The van der Waals surface area contributed by atoms with Gasteiger partial charge in [0.05, 0.1) is 45.5 Å². The lowest BCUT2D eigenvalue weighted by molar-refractivity contribution is -0.0502. The second kappa shape index (κ2) is 8.62. The predicted octanol–water partition coefficient (Wildman–Crippen LogP) is 4.72. The van der Waals surface area contributed by atoms with Gasteiger partial charge in [-0.15, -0.1) is 0 Å². The number of hydrogen-bond acceptors (Lipinski definition) is 6. The lowest BCUT2D eigenvalue weighted by Crippen LogP contribution is -2.25. The van der Waals surface area contributed by atoms with Gasteiger partial charge >= 0.3 is 6.61 Å². The van der Waals surface area contributed by atoms with Crippen molar-refractivity contribution in [3.05, 3.63) is 41.7 Å². The van der Waals surface area contributed by atoms with Gasteiger partial charge in [0.1, 0.15) is 28.5 Å². The maximum atomic E-state index is 13.2. The molecule has 0 N–H and O–H groups in total. The average Bonchev–Trinajstić information content (AvgIpc) is 3.47. The Morgan fingerprint density at radius 3 is 2.48 bits per heavy atom. The van der Waals surface area contributed by atoms with Crippen LogP contribution in [0, 0.1) is 5.92 Å². The fourth-order valence-corrected chi connectivity index (χ4v) is 4.19. The number of carbonyl (C=O) groups is 1. The van der Waals surface area contributed by atoms with Crippen LogP contribution in [0.5, 0.6) is 17.2 Å². The Kier molecular flexibility index (Phi) is 5.65. The van der Waals surface area contributed by atoms with Gasteiger partial charge < -0.3 is 18.9 Å². The highest BCUT2D eigenvalue weighted by Crippen LogP contribution is 2.41. The number of ether oxygens (including phenoxy) is 4. The number of aromatic nitrogens is 2. The van der Waals surface area contributed by atoms with Gasteiger partial charge in [0.15, 0.2) is 5.78 Å². The molecule has 1 aliphatic carbocycles. The number of halogens is 2. The number of carbonyl (C=O) groups excluding carboxylic acids is 1. The number of fused-ring (bicyclic) bond motifs is 1. The number of ketones is 1. The molecular weight excluding hydrogens is 434 g/mol. The van der Waals surface area contributed by atoms with Crippen LogP contribution in [0.1, 0.15) is 41.1 Å². The van der Waals surface area contributed by atoms with E-state index in [1.807, 2.05) is 16.7 Å². The Hall–Kier alpha value is -3.20.